The molecule has 0 bridgehead atoms. The lowest BCUT2D eigenvalue weighted by molar-refractivity contribution is 0.553. The number of hydrogen-bond donors (Lipinski definition) is 0. The van der Waals surface area contributed by atoms with E-state index in [2.05, 4.69) is 0 Å². The number of carbonyl (C=O) groups excluding carboxylic acids is 1. The number of benzene rings is 1. The van der Waals surface area contributed by atoms with E-state index in [0.717, 1.165) is 23.1 Å². The lowest BCUT2D eigenvalue weighted by Crippen LogP contribution is -2.13. The fraction of sp³-hybridized carbons (Fsp3) is 0.125. The Bertz CT molecular complexity index is 281. The first-order valence-electron chi connectivity index (χ1n) is 3.21. The zero-order valence-corrected chi connectivity index (χ0v) is 6.34. The summed E-state index contributed by atoms with van der Waals surface area (Å²) in [5.74, 6) is -1.43. The van der Waals surface area contributed by atoms with Gasteiger partial charge in [-0.3, -0.25) is 4.79 Å². The van der Waals surface area contributed by atoms with Gasteiger partial charge in [0.05, 0.1) is 0 Å². The van der Waals surface area contributed by atoms with Crippen LogP contribution in [-0.4, -0.2) is 13.5 Å². The Morgan fingerprint density at radius 1 is 1.25 bits per heavy atom. The van der Waals surface area contributed by atoms with Crippen LogP contribution >= 0.6 is 0 Å². The van der Waals surface area contributed by atoms with Crippen LogP contribution in [0.5, 0.6) is 0 Å². The molecule has 1 amide bonds. The van der Waals surface area contributed by atoms with E-state index in [4.69, 9.17) is 0 Å². The average Bonchev–Trinajstić information content (AvgIpc) is 2.01. The van der Waals surface area contributed by atoms with Gasteiger partial charge in [0.15, 0.2) is 0 Å². The smallest absolute Gasteiger partial charge is 0.307 e. The number of rotatable bonds is 2. The molecule has 0 spiro atoms. The molecule has 0 N–H and O–H groups in total. The van der Waals surface area contributed by atoms with E-state index < -0.39 is 11.6 Å². The topological polar surface area (TPSA) is 20.3 Å². The van der Waals surface area contributed by atoms with Crippen LogP contribution < -0.4 is 4.90 Å². The maximum absolute atomic E-state index is 12.5. The summed E-state index contributed by atoms with van der Waals surface area (Å²) in [5, 5.41) is 0. The number of nitrogens with zero attached hydrogens (tertiary/aromatic N) is 1. The summed E-state index contributed by atoms with van der Waals surface area (Å²) in [7, 11) is 1.36. The van der Waals surface area contributed by atoms with Gasteiger partial charge in [-0.25, -0.2) is 8.78 Å². The minimum Gasteiger partial charge on any atom is -0.307 e. The summed E-state index contributed by atoms with van der Waals surface area (Å²) in [6.07, 6.45) is 1.49. The van der Waals surface area contributed by atoms with Gasteiger partial charge >= 0.3 is 6.41 Å². The summed E-state index contributed by atoms with van der Waals surface area (Å²) in [6, 6.07) is 2.84. The van der Waals surface area contributed by atoms with Gasteiger partial charge in [0, 0.05) is 18.8 Å². The van der Waals surface area contributed by atoms with Crippen molar-refractivity contribution in [2.75, 3.05) is 11.9 Å². The maximum Gasteiger partial charge on any atom is 0.316 e. The summed E-state index contributed by atoms with van der Waals surface area (Å²) in [4.78, 5) is 11.0. The van der Waals surface area contributed by atoms with Crippen molar-refractivity contribution in [1.29, 1.82) is 0 Å². The Morgan fingerprint density at radius 2 is 1.75 bits per heavy atom. The second-order valence-electron chi connectivity index (χ2n) is 2.28. The molecule has 0 saturated heterocycles. The normalized spacial score (nSPS) is 9.58. The standard InChI is InChI=1S/C8H6F2NO/c1-11(5-12)8-3-6(9)2-7(10)4-8/h2-4H,1H3. The minimum atomic E-state index is -0.716. The number of hydrogen-bond acceptors (Lipinski definition) is 1. The molecule has 0 aliphatic rings. The van der Waals surface area contributed by atoms with E-state index in [1.54, 1.807) is 0 Å². The Kier molecular flexibility index (Phi) is 2.38. The van der Waals surface area contributed by atoms with Gasteiger partial charge in [0.25, 0.3) is 0 Å². The van der Waals surface area contributed by atoms with Crippen LogP contribution in [0.15, 0.2) is 18.2 Å². The third-order valence-corrected chi connectivity index (χ3v) is 1.37. The van der Waals surface area contributed by atoms with Crippen LogP contribution in [0, 0.1) is 11.6 Å². The highest BCUT2D eigenvalue weighted by Gasteiger charge is 2.03. The molecular weight excluding hydrogens is 164 g/mol. The molecule has 0 aliphatic carbocycles. The zero-order chi connectivity index (χ0) is 9.14. The largest absolute Gasteiger partial charge is 0.316 e. The third-order valence-electron chi connectivity index (χ3n) is 1.37. The highest BCUT2D eigenvalue weighted by atomic mass is 19.1. The predicted molar refractivity (Wildman–Crippen MR) is 40.5 cm³/mol. The second kappa shape index (κ2) is 3.30. The molecular formula is C8H6F2NO. The number of halogens is 2. The van der Waals surface area contributed by atoms with Crippen molar-refractivity contribution < 1.29 is 13.6 Å². The van der Waals surface area contributed by atoms with Crippen molar-refractivity contribution in [2.24, 2.45) is 0 Å². The molecule has 0 aliphatic heterocycles. The van der Waals surface area contributed by atoms with Crippen LogP contribution in [-0.2, 0) is 4.79 Å². The maximum atomic E-state index is 12.5. The molecule has 1 radical (unpaired) electrons. The third kappa shape index (κ3) is 1.78. The van der Waals surface area contributed by atoms with Crippen molar-refractivity contribution in [3.63, 3.8) is 0 Å². The monoisotopic (exact) mass is 170 g/mol. The zero-order valence-electron chi connectivity index (χ0n) is 6.34. The van der Waals surface area contributed by atoms with Gasteiger partial charge in [0.2, 0.25) is 0 Å². The SMILES string of the molecule is CN([C]=O)c1cc(F)cc(F)c1. The molecule has 1 rings (SSSR count). The molecule has 1 aromatic rings. The summed E-state index contributed by atoms with van der Waals surface area (Å²) < 4.78 is 25.1. The molecule has 1 aromatic carbocycles. The summed E-state index contributed by atoms with van der Waals surface area (Å²) in [6.45, 7) is 0. The van der Waals surface area contributed by atoms with Gasteiger partial charge in [-0.15, -0.1) is 0 Å². The lowest BCUT2D eigenvalue weighted by Gasteiger charge is -2.08. The molecule has 0 unspecified atom stereocenters. The van der Waals surface area contributed by atoms with E-state index in [0.29, 0.717) is 0 Å². The van der Waals surface area contributed by atoms with Gasteiger partial charge in [0.1, 0.15) is 11.6 Å². The van der Waals surface area contributed by atoms with Gasteiger partial charge < -0.3 is 4.90 Å². The van der Waals surface area contributed by atoms with Crippen LogP contribution in [0.3, 0.4) is 0 Å². The molecule has 4 heteroatoms. The Balaban J connectivity index is 3.08. The van der Waals surface area contributed by atoms with E-state index in [1.165, 1.54) is 13.5 Å². The minimum absolute atomic E-state index is 0.141. The van der Waals surface area contributed by atoms with Gasteiger partial charge in [-0.1, -0.05) is 0 Å². The Morgan fingerprint density at radius 3 is 2.17 bits per heavy atom. The van der Waals surface area contributed by atoms with Crippen LogP contribution in [0.25, 0.3) is 0 Å². The molecule has 0 aromatic heterocycles. The molecule has 2 nitrogen and oxygen atoms in total. The fourth-order valence-corrected chi connectivity index (χ4v) is 0.786. The quantitative estimate of drug-likeness (QED) is 0.615. The molecule has 0 saturated carbocycles. The molecule has 12 heavy (non-hydrogen) atoms. The van der Waals surface area contributed by atoms with E-state index in [-0.39, 0.29) is 5.69 Å². The molecule has 0 heterocycles. The number of anilines is 1. The van der Waals surface area contributed by atoms with E-state index in [9.17, 15) is 13.6 Å². The van der Waals surface area contributed by atoms with Crippen LogP contribution in [0.1, 0.15) is 0 Å². The number of amides is 1. The van der Waals surface area contributed by atoms with Crippen LogP contribution in [0.2, 0.25) is 0 Å². The lowest BCUT2D eigenvalue weighted by atomic mass is 10.3. The first-order valence-corrected chi connectivity index (χ1v) is 3.21. The average molecular weight is 170 g/mol. The first-order chi connectivity index (χ1) is 5.63. The van der Waals surface area contributed by atoms with E-state index in [1.807, 2.05) is 0 Å². The molecule has 0 atom stereocenters. The fourth-order valence-electron chi connectivity index (χ4n) is 0.786. The summed E-state index contributed by atoms with van der Waals surface area (Å²) >= 11 is 0. The summed E-state index contributed by atoms with van der Waals surface area (Å²) in [5.41, 5.74) is 0.141. The Hall–Kier alpha value is -1.45. The molecule has 63 valence electrons. The predicted octanol–water partition coefficient (Wildman–Crippen LogP) is 1.47. The highest BCUT2D eigenvalue weighted by molar-refractivity contribution is 5.74. The van der Waals surface area contributed by atoms with Crippen molar-refractivity contribution in [3.8, 4) is 0 Å². The van der Waals surface area contributed by atoms with E-state index >= 15 is 0 Å². The molecule has 0 fully saturated rings. The van der Waals surface area contributed by atoms with Crippen molar-refractivity contribution in [2.45, 2.75) is 0 Å². The van der Waals surface area contributed by atoms with Gasteiger partial charge in [-0.2, -0.15) is 0 Å². The second-order valence-corrected chi connectivity index (χ2v) is 2.28. The van der Waals surface area contributed by atoms with Crippen molar-refractivity contribution in [1.82, 2.24) is 0 Å². The Labute approximate surface area is 68.4 Å². The van der Waals surface area contributed by atoms with Crippen LogP contribution in [0.4, 0.5) is 14.5 Å². The first kappa shape index (κ1) is 8.64. The highest BCUT2D eigenvalue weighted by Crippen LogP contribution is 2.14. The van der Waals surface area contributed by atoms with Crippen molar-refractivity contribution >= 4 is 12.1 Å². The van der Waals surface area contributed by atoms with Crippen molar-refractivity contribution in [3.05, 3.63) is 29.8 Å². The van der Waals surface area contributed by atoms with Gasteiger partial charge in [-0.05, 0) is 12.1 Å².